The van der Waals surface area contributed by atoms with Crippen molar-refractivity contribution in [3.8, 4) is 11.6 Å². The topological polar surface area (TPSA) is 202 Å². The third-order valence-corrected chi connectivity index (χ3v) is 9.22. The summed E-state index contributed by atoms with van der Waals surface area (Å²) >= 11 is 0. The highest BCUT2D eigenvalue weighted by Crippen LogP contribution is 2.24. The predicted octanol–water partition coefficient (Wildman–Crippen LogP) is 1.61. The summed E-state index contributed by atoms with van der Waals surface area (Å²) in [6, 6.07) is 8.28. The van der Waals surface area contributed by atoms with E-state index in [1.165, 1.54) is 15.6 Å². The molecule has 0 unspecified atom stereocenters. The Bertz CT molecular complexity index is 1540. The van der Waals surface area contributed by atoms with Gasteiger partial charge in [-0.1, -0.05) is 18.2 Å². The summed E-state index contributed by atoms with van der Waals surface area (Å²) in [6.07, 6.45) is 4.21. The minimum Gasteiger partial charge on any atom is -0.481 e. The van der Waals surface area contributed by atoms with Crippen LogP contribution in [0.15, 0.2) is 36.4 Å². The number of aromatic nitrogens is 2. The average molecular weight is 696 g/mol. The first-order valence-corrected chi connectivity index (χ1v) is 17.3. The number of rotatable bonds is 14. The summed E-state index contributed by atoms with van der Waals surface area (Å²) in [4.78, 5) is 79.5. The molecule has 0 radical (unpaired) electrons. The van der Waals surface area contributed by atoms with Gasteiger partial charge in [0.1, 0.15) is 12.1 Å². The van der Waals surface area contributed by atoms with Crippen molar-refractivity contribution in [3.63, 3.8) is 0 Å². The van der Waals surface area contributed by atoms with Gasteiger partial charge in [0.15, 0.2) is 12.3 Å². The highest BCUT2D eigenvalue weighted by atomic mass is 16.6. The minimum atomic E-state index is -1.19. The fraction of sp³-hybridized carbons (Fsp3) is 0.559. The molecule has 2 atom stereocenters. The van der Waals surface area contributed by atoms with Crippen molar-refractivity contribution in [1.82, 2.24) is 35.5 Å². The van der Waals surface area contributed by atoms with Crippen LogP contribution in [-0.2, 0) is 23.9 Å². The molecule has 3 fully saturated rings. The minimum absolute atomic E-state index is 0.0873. The molecule has 16 nitrogen and oxygen atoms in total. The fourth-order valence-electron chi connectivity index (χ4n) is 6.23. The molecule has 50 heavy (non-hydrogen) atoms. The standard InChI is InChI=1S/C34H45N7O9/c1-2-49-34(48)39-18-15-23(16-19-39)35-31(45)25(13-14-30(43)44)37-32(46)26-20-29(41(38-26)24-10-4-3-5-11-24)50-21-28(42)40-17-7-12-27(40)33(47)36-22-8-6-9-22/h3-5,10-11,20,22-23,25,27H,2,6-9,12-19,21H2,1H3,(H,35,45)(H,36,47)(H,37,46)(H,43,44)/t25-,27-/m0/s1. The second-order valence-electron chi connectivity index (χ2n) is 12.7. The van der Waals surface area contributed by atoms with Gasteiger partial charge in [-0.05, 0) is 70.4 Å². The van der Waals surface area contributed by atoms with Gasteiger partial charge in [0, 0.05) is 44.2 Å². The number of nitrogens with zero attached hydrogens (tertiary/aromatic N) is 4. The molecule has 2 aliphatic heterocycles. The molecule has 16 heteroatoms. The number of carboxylic acid groups (broad SMARTS) is 1. The normalized spacial score (nSPS) is 18.5. The summed E-state index contributed by atoms with van der Waals surface area (Å²) in [6.45, 7) is 2.77. The van der Waals surface area contributed by atoms with E-state index in [9.17, 15) is 33.9 Å². The fourth-order valence-corrected chi connectivity index (χ4v) is 6.23. The van der Waals surface area contributed by atoms with Crippen LogP contribution in [0.25, 0.3) is 5.69 Å². The summed E-state index contributed by atoms with van der Waals surface area (Å²) in [5, 5.41) is 22.2. The molecule has 1 aromatic carbocycles. The van der Waals surface area contributed by atoms with E-state index in [-0.39, 0.29) is 54.9 Å². The lowest BCUT2D eigenvalue weighted by atomic mass is 9.93. The average Bonchev–Trinajstić information content (AvgIpc) is 3.76. The number of piperidine rings is 1. The van der Waals surface area contributed by atoms with Gasteiger partial charge in [-0.3, -0.25) is 24.0 Å². The van der Waals surface area contributed by atoms with E-state index in [4.69, 9.17) is 9.47 Å². The molecular weight excluding hydrogens is 650 g/mol. The van der Waals surface area contributed by atoms with Crippen LogP contribution in [-0.4, -0.2) is 117 Å². The molecule has 3 heterocycles. The first kappa shape index (κ1) is 36.1. The number of carbonyl (C=O) groups excluding carboxylic acids is 5. The number of aliphatic carboxylic acids is 1. The molecule has 2 saturated heterocycles. The van der Waals surface area contributed by atoms with Crippen LogP contribution >= 0.6 is 0 Å². The zero-order valence-corrected chi connectivity index (χ0v) is 28.2. The van der Waals surface area contributed by atoms with E-state index in [2.05, 4.69) is 21.0 Å². The van der Waals surface area contributed by atoms with E-state index in [0.29, 0.717) is 51.0 Å². The van der Waals surface area contributed by atoms with Crippen molar-refractivity contribution < 1.29 is 43.3 Å². The van der Waals surface area contributed by atoms with Crippen molar-refractivity contribution in [1.29, 1.82) is 0 Å². The Labute approximate surface area is 289 Å². The monoisotopic (exact) mass is 695 g/mol. The van der Waals surface area contributed by atoms with Gasteiger partial charge in [-0.25, -0.2) is 9.48 Å². The lowest BCUT2D eigenvalue weighted by Crippen LogP contribution is -2.52. The number of hydrogen-bond donors (Lipinski definition) is 4. The highest BCUT2D eigenvalue weighted by Gasteiger charge is 2.36. The van der Waals surface area contributed by atoms with Crippen molar-refractivity contribution in [3.05, 3.63) is 42.1 Å². The number of para-hydroxylation sites is 1. The van der Waals surface area contributed by atoms with Gasteiger partial charge < -0.3 is 40.3 Å². The van der Waals surface area contributed by atoms with E-state index in [1.54, 1.807) is 42.2 Å². The number of hydrogen-bond acceptors (Lipinski definition) is 9. The molecule has 4 N–H and O–H groups in total. The molecule has 1 aliphatic carbocycles. The molecule has 1 aromatic heterocycles. The summed E-state index contributed by atoms with van der Waals surface area (Å²) in [5.74, 6) is -2.87. The van der Waals surface area contributed by atoms with Crippen molar-refractivity contribution in [2.24, 2.45) is 0 Å². The van der Waals surface area contributed by atoms with Crippen molar-refractivity contribution >= 4 is 35.7 Å². The first-order valence-electron chi connectivity index (χ1n) is 17.3. The summed E-state index contributed by atoms with van der Waals surface area (Å²) < 4.78 is 12.3. The van der Waals surface area contributed by atoms with E-state index in [1.807, 2.05) is 0 Å². The maximum Gasteiger partial charge on any atom is 0.409 e. The molecule has 5 amide bonds. The molecule has 0 spiro atoms. The molecule has 3 aliphatic rings. The molecule has 2 aromatic rings. The van der Waals surface area contributed by atoms with Gasteiger partial charge in [-0.15, -0.1) is 0 Å². The zero-order valence-electron chi connectivity index (χ0n) is 28.2. The smallest absolute Gasteiger partial charge is 0.409 e. The Hall–Kier alpha value is -5.15. The Kier molecular flexibility index (Phi) is 12.3. The number of carboxylic acids is 1. The van der Waals surface area contributed by atoms with Crippen LogP contribution in [0.3, 0.4) is 0 Å². The number of carbonyl (C=O) groups is 6. The summed E-state index contributed by atoms with van der Waals surface area (Å²) in [7, 11) is 0. The van der Waals surface area contributed by atoms with Crippen molar-refractivity contribution in [2.45, 2.75) is 88.9 Å². The van der Waals surface area contributed by atoms with Crippen molar-refractivity contribution in [2.75, 3.05) is 32.8 Å². The SMILES string of the molecule is CCOC(=O)N1CCC(NC(=O)[C@H](CCC(=O)O)NC(=O)c2cc(OCC(=O)N3CCC[C@H]3C(=O)NC3CCC3)n(-c3ccccc3)n2)CC1. The number of ether oxygens (including phenoxy) is 2. The lowest BCUT2D eigenvalue weighted by Gasteiger charge is -2.32. The number of amides is 5. The third kappa shape index (κ3) is 9.30. The van der Waals surface area contributed by atoms with Crippen LogP contribution in [0.2, 0.25) is 0 Å². The maximum atomic E-state index is 13.5. The Morgan fingerprint density at radius 2 is 1.66 bits per heavy atom. The number of likely N-dealkylation sites (tertiary alicyclic amines) is 2. The second kappa shape index (κ2) is 17.0. The van der Waals surface area contributed by atoms with E-state index >= 15 is 0 Å². The zero-order chi connectivity index (χ0) is 35.6. The molecule has 5 rings (SSSR count). The van der Waals surface area contributed by atoms with Gasteiger partial charge in [-0.2, -0.15) is 5.10 Å². The quantitative estimate of drug-likeness (QED) is 0.225. The van der Waals surface area contributed by atoms with Gasteiger partial charge in [0.05, 0.1) is 12.3 Å². The first-order chi connectivity index (χ1) is 24.1. The van der Waals surface area contributed by atoms with Crippen LogP contribution in [0.4, 0.5) is 4.79 Å². The van der Waals surface area contributed by atoms with Crippen LogP contribution in [0.1, 0.15) is 75.2 Å². The van der Waals surface area contributed by atoms with E-state index < -0.39 is 42.6 Å². The third-order valence-electron chi connectivity index (χ3n) is 9.22. The predicted molar refractivity (Wildman–Crippen MR) is 177 cm³/mol. The van der Waals surface area contributed by atoms with Crippen LogP contribution in [0.5, 0.6) is 5.88 Å². The van der Waals surface area contributed by atoms with E-state index in [0.717, 1.165) is 19.3 Å². The van der Waals surface area contributed by atoms with Gasteiger partial charge in [0.2, 0.25) is 17.7 Å². The van der Waals surface area contributed by atoms with Gasteiger partial charge >= 0.3 is 12.1 Å². The molecule has 1 saturated carbocycles. The van der Waals surface area contributed by atoms with Gasteiger partial charge in [0.25, 0.3) is 11.8 Å². The van der Waals surface area contributed by atoms with Crippen LogP contribution < -0.4 is 20.7 Å². The maximum absolute atomic E-state index is 13.5. The lowest BCUT2D eigenvalue weighted by molar-refractivity contribution is -0.140. The Morgan fingerprint density at radius 3 is 2.32 bits per heavy atom. The van der Waals surface area contributed by atoms with Crippen LogP contribution in [0, 0.1) is 0 Å². The number of benzene rings is 1. The second-order valence-corrected chi connectivity index (χ2v) is 12.7. The molecule has 270 valence electrons. The molecule has 0 bridgehead atoms. The Balaban J connectivity index is 1.25. The Morgan fingerprint density at radius 1 is 0.940 bits per heavy atom. The molecular formula is C34H45N7O9. The number of nitrogens with one attached hydrogen (secondary N) is 3. The summed E-state index contributed by atoms with van der Waals surface area (Å²) in [5.41, 5.74) is 0.424. The largest absolute Gasteiger partial charge is 0.481 e. The highest BCUT2D eigenvalue weighted by molar-refractivity contribution is 5.96.